The molecule has 0 aliphatic carbocycles. The molecule has 1 aromatic carbocycles. The molecule has 1 unspecified atom stereocenters. The molecule has 0 spiro atoms. The van der Waals surface area contributed by atoms with Crippen molar-refractivity contribution in [3.05, 3.63) is 35.4 Å². The van der Waals surface area contributed by atoms with E-state index in [2.05, 4.69) is 5.43 Å². The van der Waals surface area contributed by atoms with Gasteiger partial charge in [-0.1, -0.05) is 26.7 Å². The van der Waals surface area contributed by atoms with Crippen LogP contribution in [0.15, 0.2) is 18.2 Å². The van der Waals surface area contributed by atoms with Crippen molar-refractivity contribution in [2.24, 2.45) is 11.8 Å². The first-order valence-corrected chi connectivity index (χ1v) is 5.55. The van der Waals surface area contributed by atoms with Crippen LogP contribution in [0.3, 0.4) is 0 Å². The second-order valence-corrected chi connectivity index (χ2v) is 3.89. The smallest absolute Gasteiger partial charge is 0.128 e. The van der Waals surface area contributed by atoms with E-state index in [4.69, 9.17) is 5.84 Å². The van der Waals surface area contributed by atoms with Crippen LogP contribution in [-0.4, -0.2) is 0 Å². The SMILES string of the molecule is CCC(CC)C(NN)c1cc(F)ccc1F. The summed E-state index contributed by atoms with van der Waals surface area (Å²) in [7, 11) is 0. The van der Waals surface area contributed by atoms with E-state index in [-0.39, 0.29) is 12.0 Å². The van der Waals surface area contributed by atoms with Crippen molar-refractivity contribution in [1.29, 1.82) is 0 Å². The summed E-state index contributed by atoms with van der Waals surface area (Å²) in [5.41, 5.74) is 2.88. The zero-order chi connectivity index (χ0) is 12.1. The Morgan fingerprint density at radius 3 is 2.38 bits per heavy atom. The van der Waals surface area contributed by atoms with Gasteiger partial charge in [-0.3, -0.25) is 11.3 Å². The van der Waals surface area contributed by atoms with Crippen LogP contribution in [0.4, 0.5) is 8.78 Å². The van der Waals surface area contributed by atoms with Crippen LogP contribution in [0.2, 0.25) is 0 Å². The van der Waals surface area contributed by atoms with Gasteiger partial charge in [-0.25, -0.2) is 8.78 Å². The van der Waals surface area contributed by atoms with Gasteiger partial charge in [0.2, 0.25) is 0 Å². The van der Waals surface area contributed by atoms with Crippen molar-refractivity contribution in [2.75, 3.05) is 0 Å². The molecule has 0 bridgehead atoms. The molecule has 4 heteroatoms. The van der Waals surface area contributed by atoms with E-state index in [1.165, 1.54) is 6.07 Å². The van der Waals surface area contributed by atoms with E-state index < -0.39 is 11.6 Å². The second kappa shape index (κ2) is 5.92. The summed E-state index contributed by atoms with van der Waals surface area (Å²) in [5.74, 6) is 4.77. The first kappa shape index (κ1) is 13.1. The third kappa shape index (κ3) is 2.77. The molecule has 0 aliphatic heterocycles. The molecule has 3 N–H and O–H groups in total. The fraction of sp³-hybridized carbons (Fsp3) is 0.500. The molecule has 1 atom stereocenters. The lowest BCUT2D eigenvalue weighted by Gasteiger charge is -2.25. The predicted molar refractivity (Wildman–Crippen MR) is 60.5 cm³/mol. The molecule has 0 heterocycles. The summed E-state index contributed by atoms with van der Waals surface area (Å²) in [6.45, 7) is 4.02. The van der Waals surface area contributed by atoms with Gasteiger partial charge in [0.15, 0.2) is 0 Å². The highest BCUT2D eigenvalue weighted by molar-refractivity contribution is 5.22. The normalized spacial score (nSPS) is 13.1. The van der Waals surface area contributed by atoms with Crippen LogP contribution in [-0.2, 0) is 0 Å². The minimum Gasteiger partial charge on any atom is -0.271 e. The van der Waals surface area contributed by atoms with Crippen LogP contribution in [0.5, 0.6) is 0 Å². The minimum absolute atomic E-state index is 0.196. The van der Waals surface area contributed by atoms with Crippen molar-refractivity contribution in [3.8, 4) is 0 Å². The summed E-state index contributed by atoms with van der Waals surface area (Å²) in [5, 5.41) is 0. The third-order valence-corrected chi connectivity index (χ3v) is 2.99. The third-order valence-electron chi connectivity index (χ3n) is 2.99. The summed E-state index contributed by atoms with van der Waals surface area (Å²) < 4.78 is 26.7. The molecule has 2 nitrogen and oxygen atoms in total. The molecule has 0 saturated carbocycles. The number of hydrogen-bond acceptors (Lipinski definition) is 2. The Kier molecular flexibility index (Phi) is 4.83. The number of hydrazine groups is 1. The Bertz CT molecular complexity index is 338. The van der Waals surface area contributed by atoms with Gasteiger partial charge < -0.3 is 0 Å². The van der Waals surface area contributed by atoms with Crippen molar-refractivity contribution in [1.82, 2.24) is 5.43 Å². The molecule has 0 radical (unpaired) electrons. The zero-order valence-electron chi connectivity index (χ0n) is 9.63. The highest BCUT2D eigenvalue weighted by Crippen LogP contribution is 2.28. The lowest BCUT2D eigenvalue weighted by molar-refractivity contribution is 0.335. The highest BCUT2D eigenvalue weighted by atomic mass is 19.1. The maximum atomic E-state index is 13.6. The Balaban J connectivity index is 3.06. The maximum absolute atomic E-state index is 13.6. The standard InChI is InChI=1S/C12H18F2N2/c1-3-8(4-2)12(16-15)10-7-9(13)5-6-11(10)14/h5-8,12,16H,3-4,15H2,1-2H3. The molecular weight excluding hydrogens is 210 g/mol. The van der Waals surface area contributed by atoms with E-state index in [1.54, 1.807) is 0 Å². The van der Waals surface area contributed by atoms with Crippen molar-refractivity contribution in [3.63, 3.8) is 0 Å². The van der Waals surface area contributed by atoms with E-state index >= 15 is 0 Å². The Morgan fingerprint density at radius 2 is 1.88 bits per heavy atom. The van der Waals surface area contributed by atoms with Crippen LogP contribution >= 0.6 is 0 Å². The number of nitrogens with two attached hydrogens (primary N) is 1. The van der Waals surface area contributed by atoms with Gasteiger partial charge in [-0.15, -0.1) is 0 Å². The van der Waals surface area contributed by atoms with E-state index in [9.17, 15) is 8.78 Å². The Morgan fingerprint density at radius 1 is 1.25 bits per heavy atom. The molecule has 1 aromatic rings. The molecule has 0 aromatic heterocycles. The first-order chi connectivity index (χ1) is 7.63. The van der Waals surface area contributed by atoms with Crippen molar-refractivity contribution in [2.45, 2.75) is 32.7 Å². The van der Waals surface area contributed by atoms with Crippen LogP contribution in [0.1, 0.15) is 38.3 Å². The largest absolute Gasteiger partial charge is 0.271 e. The van der Waals surface area contributed by atoms with Gasteiger partial charge in [0.05, 0.1) is 6.04 Å². The Labute approximate surface area is 94.8 Å². The lowest BCUT2D eigenvalue weighted by atomic mass is 9.89. The molecule has 16 heavy (non-hydrogen) atoms. The lowest BCUT2D eigenvalue weighted by Crippen LogP contribution is -2.34. The number of hydrogen-bond donors (Lipinski definition) is 2. The number of halogens is 2. The van der Waals surface area contributed by atoms with E-state index in [0.717, 1.165) is 25.0 Å². The number of rotatable bonds is 5. The average Bonchev–Trinajstić information content (AvgIpc) is 2.29. The monoisotopic (exact) mass is 228 g/mol. The van der Waals surface area contributed by atoms with Gasteiger partial charge in [0, 0.05) is 5.56 Å². The van der Waals surface area contributed by atoms with Gasteiger partial charge in [0.1, 0.15) is 11.6 Å². The van der Waals surface area contributed by atoms with Crippen LogP contribution in [0.25, 0.3) is 0 Å². The highest BCUT2D eigenvalue weighted by Gasteiger charge is 2.22. The molecule has 90 valence electrons. The number of nitrogens with one attached hydrogen (secondary N) is 1. The summed E-state index contributed by atoms with van der Waals surface area (Å²) in [6, 6.07) is 3.11. The first-order valence-electron chi connectivity index (χ1n) is 5.55. The summed E-state index contributed by atoms with van der Waals surface area (Å²) >= 11 is 0. The van der Waals surface area contributed by atoms with Gasteiger partial charge in [0.25, 0.3) is 0 Å². The van der Waals surface area contributed by atoms with Gasteiger partial charge in [-0.2, -0.15) is 0 Å². The molecule has 0 saturated heterocycles. The summed E-state index contributed by atoms with van der Waals surface area (Å²) in [6.07, 6.45) is 1.72. The molecule has 0 aliphatic rings. The minimum atomic E-state index is -0.442. The van der Waals surface area contributed by atoms with E-state index in [0.29, 0.717) is 5.56 Å². The van der Waals surface area contributed by atoms with Crippen molar-refractivity contribution >= 4 is 0 Å². The molecule has 0 amide bonds. The van der Waals surface area contributed by atoms with Crippen LogP contribution in [0, 0.1) is 17.6 Å². The Hall–Kier alpha value is -1.00. The van der Waals surface area contributed by atoms with Gasteiger partial charge in [-0.05, 0) is 24.1 Å². The fourth-order valence-electron chi connectivity index (χ4n) is 1.99. The zero-order valence-corrected chi connectivity index (χ0v) is 9.63. The topological polar surface area (TPSA) is 38.0 Å². The van der Waals surface area contributed by atoms with Crippen molar-refractivity contribution < 1.29 is 8.78 Å². The van der Waals surface area contributed by atoms with Crippen LogP contribution < -0.4 is 11.3 Å². The maximum Gasteiger partial charge on any atom is 0.128 e. The second-order valence-electron chi connectivity index (χ2n) is 3.89. The quantitative estimate of drug-likeness (QED) is 0.600. The fourth-order valence-corrected chi connectivity index (χ4v) is 1.99. The summed E-state index contributed by atoms with van der Waals surface area (Å²) in [4.78, 5) is 0. The van der Waals surface area contributed by atoms with Gasteiger partial charge >= 0.3 is 0 Å². The molecule has 1 rings (SSSR count). The van der Waals surface area contributed by atoms with E-state index in [1.807, 2.05) is 13.8 Å². The molecule has 0 fully saturated rings. The molecular formula is C12H18F2N2. The predicted octanol–water partition coefficient (Wildman–Crippen LogP) is 2.91. The number of benzene rings is 1. The average molecular weight is 228 g/mol.